The Balaban J connectivity index is 3.52. The van der Waals surface area contributed by atoms with Crippen molar-refractivity contribution in [3.05, 3.63) is 0 Å². The summed E-state index contributed by atoms with van der Waals surface area (Å²) in [5, 5.41) is 0. The Kier molecular flexibility index (Phi) is 5.61. The summed E-state index contributed by atoms with van der Waals surface area (Å²) in [5.74, 6) is 0.931. The zero-order chi connectivity index (χ0) is 9.61. The lowest BCUT2D eigenvalue weighted by Crippen LogP contribution is -2.11. The molecule has 1 unspecified atom stereocenters. The highest BCUT2D eigenvalue weighted by molar-refractivity contribution is 4.67. The molecule has 0 heteroatoms. The molecule has 0 aromatic carbocycles. The molecule has 0 radical (unpaired) electrons. The summed E-state index contributed by atoms with van der Waals surface area (Å²) in [5.41, 5.74) is 0.571. The van der Waals surface area contributed by atoms with E-state index in [1.165, 1.54) is 32.1 Å². The van der Waals surface area contributed by atoms with Crippen LogP contribution in [-0.2, 0) is 0 Å². The van der Waals surface area contributed by atoms with Crippen molar-refractivity contribution in [1.82, 2.24) is 0 Å². The van der Waals surface area contributed by atoms with Gasteiger partial charge >= 0.3 is 0 Å². The highest BCUT2D eigenvalue weighted by atomic mass is 14.2. The lowest BCUT2D eigenvalue weighted by molar-refractivity contribution is 0.283. The Hall–Kier alpha value is 0. The van der Waals surface area contributed by atoms with Crippen LogP contribution in [0, 0.1) is 11.3 Å². The molecule has 0 nitrogen and oxygen atoms in total. The van der Waals surface area contributed by atoms with E-state index in [0.29, 0.717) is 5.41 Å². The van der Waals surface area contributed by atoms with E-state index < -0.39 is 0 Å². The SMILES string of the molecule is CCCC(C)CCC(C)(C)CC. The number of hydrogen-bond acceptors (Lipinski definition) is 0. The lowest BCUT2D eigenvalue weighted by atomic mass is 9.82. The zero-order valence-corrected chi connectivity index (χ0v) is 9.61. The van der Waals surface area contributed by atoms with Crippen LogP contribution in [-0.4, -0.2) is 0 Å². The molecule has 0 aliphatic heterocycles. The Morgan fingerprint density at radius 2 is 1.67 bits per heavy atom. The summed E-state index contributed by atoms with van der Waals surface area (Å²) < 4.78 is 0. The molecule has 0 amide bonds. The maximum atomic E-state index is 2.38. The maximum Gasteiger partial charge on any atom is -0.0357 e. The Morgan fingerprint density at radius 3 is 2.08 bits per heavy atom. The first kappa shape index (κ1) is 12.0. The summed E-state index contributed by atoms with van der Waals surface area (Å²) in [6, 6.07) is 0. The third kappa shape index (κ3) is 5.62. The molecular formula is C12H26. The van der Waals surface area contributed by atoms with Crippen LogP contribution in [0.5, 0.6) is 0 Å². The van der Waals surface area contributed by atoms with Gasteiger partial charge in [0.15, 0.2) is 0 Å². The van der Waals surface area contributed by atoms with Crippen LogP contribution in [0.3, 0.4) is 0 Å². The summed E-state index contributed by atoms with van der Waals surface area (Å²) in [4.78, 5) is 0. The van der Waals surface area contributed by atoms with Crippen molar-refractivity contribution in [3.8, 4) is 0 Å². The average Bonchev–Trinajstić information content (AvgIpc) is 2.02. The largest absolute Gasteiger partial charge is 0.0654 e. The van der Waals surface area contributed by atoms with Crippen LogP contribution < -0.4 is 0 Å². The summed E-state index contributed by atoms with van der Waals surface area (Å²) in [6.07, 6.45) is 6.86. The lowest BCUT2D eigenvalue weighted by Gasteiger charge is -2.24. The molecule has 0 aromatic heterocycles. The molecule has 0 aliphatic carbocycles. The highest BCUT2D eigenvalue weighted by Crippen LogP contribution is 2.28. The van der Waals surface area contributed by atoms with Crippen LogP contribution in [0.15, 0.2) is 0 Å². The normalized spacial score (nSPS) is 14.8. The van der Waals surface area contributed by atoms with Gasteiger partial charge in [0, 0.05) is 0 Å². The fourth-order valence-corrected chi connectivity index (χ4v) is 1.45. The maximum absolute atomic E-state index is 2.38. The van der Waals surface area contributed by atoms with Crippen molar-refractivity contribution < 1.29 is 0 Å². The molecule has 0 spiro atoms. The van der Waals surface area contributed by atoms with E-state index in [9.17, 15) is 0 Å². The second kappa shape index (κ2) is 5.61. The van der Waals surface area contributed by atoms with E-state index in [-0.39, 0.29) is 0 Å². The van der Waals surface area contributed by atoms with Crippen LogP contribution in [0.4, 0.5) is 0 Å². The summed E-state index contributed by atoms with van der Waals surface area (Å²) in [7, 11) is 0. The van der Waals surface area contributed by atoms with Gasteiger partial charge in [-0.15, -0.1) is 0 Å². The van der Waals surface area contributed by atoms with Gasteiger partial charge in [-0.05, 0) is 17.8 Å². The molecule has 0 N–H and O–H groups in total. The van der Waals surface area contributed by atoms with Crippen LogP contribution in [0.2, 0.25) is 0 Å². The predicted molar refractivity (Wildman–Crippen MR) is 57.4 cm³/mol. The van der Waals surface area contributed by atoms with Gasteiger partial charge in [0.25, 0.3) is 0 Å². The minimum absolute atomic E-state index is 0.571. The molecule has 0 aromatic rings. The van der Waals surface area contributed by atoms with Crippen LogP contribution >= 0.6 is 0 Å². The Bertz CT molecular complexity index is 103. The molecule has 74 valence electrons. The Morgan fingerprint density at radius 1 is 1.08 bits per heavy atom. The van der Waals surface area contributed by atoms with Crippen molar-refractivity contribution in [2.45, 2.75) is 66.7 Å². The molecule has 0 rings (SSSR count). The van der Waals surface area contributed by atoms with E-state index in [4.69, 9.17) is 0 Å². The molecular weight excluding hydrogens is 144 g/mol. The first-order chi connectivity index (χ1) is 5.52. The second-order valence-corrected chi connectivity index (χ2v) is 4.95. The molecule has 0 saturated carbocycles. The van der Waals surface area contributed by atoms with Gasteiger partial charge < -0.3 is 0 Å². The molecule has 0 fully saturated rings. The van der Waals surface area contributed by atoms with Crippen molar-refractivity contribution in [2.75, 3.05) is 0 Å². The fraction of sp³-hybridized carbons (Fsp3) is 1.00. The zero-order valence-electron chi connectivity index (χ0n) is 9.61. The smallest absolute Gasteiger partial charge is 0.0357 e. The number of hydrogen-bond donors (Lipinski definition) is 0. The van der Waals surface area contributed by atoms with Crippen LogP contribution in [0.25, 0.3) is 0 Å². The molecule has 0 bridgehead atoms. The van der Waals surface area contributed by atoms with Crippen molar-refractivity contribution in [1.29, 1.82) is 0 Å². The van der Waals surface area contributed by atoms with E-state index in [2.05, 4.69) is 34.6 Å². The monoisotopic (exact) mass is 170 g/mol. The Labute approximate surface area is 78.8 Å². The van der Waals surface area contributed by atoms with Gasteiger partial charge in [0.05, 0.1) is 0 Å². The van der Waals surface area contributed by atoms with Gasteiger partial charge in [-0.3, -0.25) is 0 Å². The summed E-state index contributed by atoms with van der Waals surface area (Å²) >= 11 is 0. The molecule has 0 saturated heterocycles. The first-order valence-electron chi connectivity index (χ1n) is 5.52. The van der Waals surface area contributed by atoms with E-state index in [1.807, 2.05) is 0 Å². The average molecular weight is 170 g/mol. The van der Waals surface area contributed by atoms with Gasteiger partial charge in [0.2, 0.25) is 0 Å². The highest BCUT2D eigenvalue weighted by Gasteiger charge is 2.15. The third-order valence-corrected chi connectivity index (χ3v) is 3.05. The minimum Gasteiger partial charge on any atom is -0.0654 e. The first-order valence-corrected chi connectivity index (χ1v) is 5.52. The molecule has 12 heavy (non-hydrogen) atoms. The van der Waals surface area contributed by atoms with Gasteiger partial charge in [-0.25, -0.2) is 0 Å². The van der Waals surface area contributed by atoms with E-state index in [1.54, 1.807) is 0 Å². The van der Waals surface area contributed by atoms with Crippen molar-refractivity contribution in [2.24, 2.45) is 11.3 Å². The van der Waals surface area contributed by atoms with Gasteiger partial charge in [-0.2, -0.15) is 0 Å². The topological polar surface area (TPSA) is 0 Å². The molecule has 0 heterocycles. The minimum atomic E-state index is 0.571. The molecule has 1 atom stereocenters. The van der Waals surface area contributed by atoms with Crippen molar-refractivity contribution in [3.63, 3.8) is 0 Å². The third-order valence-electron chi connectivity index (χ3n) is 3.05. The second-order valence-electron chi connectivity index (χ2n) is 4.95. The quantitative estimate of drug-likeness (QED) is 0.545. The molecule has 0 aliphatic rings. The van der Waals surface area contributed by atoms with Crippen LogP contribution in [0.1, 0.15) is 66.7 Å². The van der Waals surface area contributed by atoms with E-state index in [0.717, 1.165) is 5.92 Å². The summed E-state index contributed by atoms with van der Waals surface area (Å²) in [6.45, 7) is 11.7. The predicted octanol–water partition coefficient (Wildman–Crippen LogP) is 4.64. The van der Waals surface area contributed by atoms with Crippen molar-refractivity contribution >= 4 is 0 Å². The van der Waals surface area contributed by atoms with E-state index >= 15 is 0 Å². The van der Waals surface area contributed by atoms with Gasteiger partial charge in [0.1, 0.15) is 0 Å². The number of rotatable bonds is 6. The van der Waals surface area contributed by atoms with Gasteiger partial charge in [-0.1, -0.05) is 60.3 Å². The standard InChI is InChI=1S/C12H26/c1-6-8-11(3)9-10-12(4,5)7-2/h11H,6-10H2,1-5H3. The fourth-order valence-electron chi connectivity index (χ4n) is 1.45.